The van der Waals surface area contributed by atoms with Gasteiger partial charge in [0.25, 0.3) is 10.0 Å². The fourth-order valence-electron chi connectivity index (χ4n) is 1.75. The third-order valence-electron chi connectivity index (χ3n) is 2.41. The number of nitrogens with two attached hydrogens (primary N) is 1. The molecule has 0 aliphatic heterocycles. The van der Waals surface area contributed by atoms with Crippen molar-refractivity contribution in [3.05, 3.63) is 22.9 Å². The van der Waals surface area contributed by atoms with E-state index in [0.29, 0.717) is 0 Å². The summed E-state index contributed by atoms with van der Waals surface area (Å²) in [5.41, 5.74) is 1.75. The summed E-state index contributed by atoms with van der Waals surface area (Å²) in [5.74, 6) is 0. The number of aromatic nitrogens is 1. The molecule has 0 fully saturated rings. The zero-order chi connectivity index (χ0) is 11.1. The van der Waals surface area contributed by atoms with Crippen molar-refractivity contribution in [1.29, 1.82) is 5.26 Å². The lowest BCUT2D eigenvalue weighted by atomic mass is 10.2. The molecular formula is C9H9N3O2S. The van der Waals surface area contributed by atoms with Crippen molar-refractivity contribution in [3.63, 3.8) is 0 Å². The van der Waals surface area contributed by atoms with Crippen LogP contribution in [0.1, 0.15) is 23.2 Å². The predicted molar refractivity (Wildman–Crippen MR) is 52.4 cm³/mol. The van der Waals surface area contributed by atoms with E-state index >= 15 is 0 Å². The van der Waals surface area contributed by atoms with Crippen molar-refractivity contribution in [1.82, 2.24) is 4.98 Å². The number of pyridine rings is 1. The maximum absolute atomic E-state index is 11.2. The molecule has 1 aliphatic rings. The van der Waals surface area contributed by atoms with Gasteiger partial charge in [0.1, 0.15) is 6.07 Å². The Morgan fingerprint density at radius 1 is 1.47 bits per heavy atom. The molecule has 1 aromatic rings. The number of aryl methyl sites for hydroxylation is 2. The van der Waals surface area contributed by atoms with Gasteiger partial charge < -0.3 is 0 Å². The van der Waals surface area contributed by atoms with Crippen LogP contribution in [0.25, 0.3) is 0 Å². The fourth-order valence-corrected chi connectivity index (χ4v) is 2.40. The molecule has 15 heavy (non-hydrogen) atoms. The standard InChI is InChI=1S/C9H9N3O2S/c10-5-7-4-6-2-1-3-8(6)12-9(7)15(11,13)14/h4H,1-3H2,(H2,11,13,14). The normalized spacial score (nSPS) is 14.7. The highest BCUT2D eigenvalue weighted by Crippen LogP contribution is 2.23. The quantitative estimate of drug-likeness (QED) is 0.729. The van der Waals surface area contributed by atoms with E-state index in [0.717, 1.165) is 30.5 Å². The average Bonchev–Trinajstić information content (AvgIpc) is 2.60. The molecule has 1 aliphatic carbocycles. The van der Waals surface area contributed by atoms with Crippen LogP contribution in [0.15, 0.2) is 11.1 Å². The minimum absolute atomic E-state index is 0.0400. The number of hydrogen-bond acceptors (Lipinski definition) is 4. The van der Waals surface area contributed by atoms with E-state index in [9.17, 15) is 8.42 Å². The Labute approximate surface area is 87.6 Å². The average molecular weight is 223 g/mol. The molecule has 6 heteroatoms. The summed E-state index contributed by atoms with van der Waals surface area (Å²) in [6.45, 7) is 0. The summed E-state index contributed by atoms with van der Waals surface area (Å²) >= 11 is 0. The number of primary sulfonamides is 1. The van der Waals surface area contributed by atoms with Gasteiger partial charge in [-0.05, 0) is 30.9 Å². The smallest absolute Gasteiger partial charge is 0.239 e. The molecule has 0 saturated carbocycles. The van der Waals surface area contributed by atoms with Gasteiger partial charge in [0.15, 0.2) is 5.03 Å². The van der Waals surface area contributed by atoms with Crippen molar-refractivity contribution in [2.75, 3.05) is 0 Å². The number of rotatable bonds is 1. The maximum Gasteiger partial charge on any atom is 0.256 e. The first-order chi connectivity index (χ1) is 7.02. The molecule has 2 rings (SSSR count). The van der Waals surface area contributed by atoms with Crippen molar-refractivity contribution in [3.8, 4) is 6.07 Å². The first kappa shape index (κ1) is 10.1. The van der Waals surface area contributed by atoms with E-state index in [1.165, 1.54) is 0 Å². The van der Waals surface area contributed by atoms with Crippen molar-refractivity contribution in [2.24, 2.45) is 5.14 Å². The summed E-state index contributed by atoms with van der Waals surface area (Å²) in [6.07, 6.45) is 2.55. The van der Waals surface area contributed by atoms with Gasteiger partial charge in [0, 0.05) is 5.69 Å². The maximum atomic E-state index is 11.2. The van der Waals surface area contributed by atoms with Gasteiger partial charge in [-0.2, -0.15) is 5.26 Å². The first-order valence-electron chi connectivity index (χ1n) is 4.48. The molecule has 0 saturated heterocycles. The molecule has 0 amide bonds. The van der Waals surface area contributed by atoms with Crippen LogP contribution in [0.2, 0.25) is 0 Å². The molecule has 0 aromatic carbocycles. The lowest BCUT2D eigenvalue weighted by Gasteiger charge is -2.04. The third kappa shape index (κ3) is 1.71. The van der Waals surface area contributed by atoms with Crippen LogP contribution in [0.5, 0.6) is 0 Å². The number of fused-ring (bicyclic) bond motifs is 1. The number of nitriles is 1. The Morgan fingerprint density at radius 2 is 2.20 bits per heavy atom. The van der Waals surface area contributed by atoms with Gasteiger partial charge in [-0.3, -0.25) is 0 Å². The Morgan fingerprint density at radius 3 is 2.80 bits per heavy atom. The second-order valence-corrected chi connectivity index (χ2v) is 4.93. The number of nitrogens with zero attached hydrogens (tertiary/aromatic N) is 2. The molecule has 1 heterocycles. The fraction of sp³-hybridized carbons (Fsp3) is 0.333. The van der Waals surface area contributed by atoms with E-state index in [2.05, 4.69) is 4.98 Å². The summed E-state index contributed by atoms with van der Waals surface area (Å²) in [4.78, 5) is 3.96. The van der Waals surface area contributed by atoms with Gasteiger partial charge in [-0.15, -0.1) is 0 Å². The van der Waals surface area contributed by atoms with Gasteiger partial charge in [0.2, 0.25) is 0 Å². The van der Waals surface area contributed by atoms with Crippen molar-refractivity contribution in [2.45, 2.75) is 24.3 Å². The zero-order valence-electron chi connectivity index (χ0n) is 7.90. The van der Waals surface area contributed by atoms with E-state index in [-0.39, 0.29) is 10.6 Å². The van der Waals surface area contributed by atoms with E-state index in [1.807, 2.05) is 6.07 Å². The van der Waals surface area contributed by atoms with E-state index < -0.39 is 10.0 Å². The molecule has 5 nitrogen and oxygen atoms in total. The third-order valence-corrected chi connectivity index (χ3v) is 3.26. The number of hydrogen-bond donors (Lipinski definition) is 1. The van der Waals surface area contributed by atoms with Crippen LogP contribution in [0.4, 0.5) is 0 Å². The number of sulfonamides is 1. The zero-order valence-corrected chi connectivity index (χ0v) is 8.71. The Kier molecular flexibility index (Phi) is 2.21. The summed E-state index contributed by atoms with van der Waals surface area (Å²) in [5, 5.41) is 13.5. The highest BCUT2D eigenvalue weighted by molar-refractivity contribution is 7.89. The van der Waals surface area contributed by atoms with Crippen LogP contribution in [0.3, 0.4) is 0 Å². The summed E-state index contributed by atoms with van der Waals surface area (Å²) < 4.78 is 22.4. The Bertz CT molecular complexity index is 557. The van der Waals surface area contributed by atoms with Crippen LogP contribution in [-0.4, -0.2) is 13.4 Å². The van der Waals surface area contributed by atoms with Gasteiger partial charge in [0.05, 0.1) is 5.56 Å². The topological polar surface area (TPSA) is 96.8 Å². The highest BCUT2D eigenvalue weighted by Gasteiger charge is 2.21. The van der Waals surface area contributed by atoms with Crippen LogP contribution in [0, 0.1) is 11.3 Å². The SMILES string of the molecule is N#Cc1cc2c(nc1S(N)(=O)=O)CCC2. The highest BCUT2D eigenvalue weighted by atomic mass is 32.2. The van der Waals surface area contributed by atoms with Crippen LogP contribution in [-0.2, 0) is 22.9 Å². The van der Waals surface area contributed by atoms with Crippen molar-refractivity contribution < 1.29 is 8.42 Å². The summed E-state index contributed by atoms with van der Waals surface area (Å²) in [7, 11) is -3.90. The Balaban J connectivity index is 2.71. The van der Waals surface area contributed by atoms with Gasteiger partial charge >= 0.3 is 0 Å². The van der Waals surface area contributed by atoms with E-state index in [4.69, 9.17) is 10.4 Å². The van der Waals surface area contributed by atoms with Crippen molar-refractivity contribution >= 4 is 10.0 Å². The van der Waals surface area contributed by atoms with Gasteiger partial charge in [-0.25, -0.2) is 18.5 Å². The lowest BCUT2D eigenvalue weighted by Crippen LogP contribution is -2.16. The summed E-state index contributed by atoms with van der Waals surface area (Å²) in [6, 6.07) is 3.39. The molecule has 2 N–H and O–H groups in total. The molecule has 78 valence electrons. The molecular weight excluding hydrogens is 214 g/mol. The molecule has 0 bridgehead atoms. The molecule has 0 atom stereocenters. The largest absolute Gasteiger partial charge is 0.256 e. The minimum atomic E-state index is -3.90. The first-order valence-corrected chi connectivity index (χ1v) is 6.02. The lowest BCUT2D eigenvalue weighted by molar-refractivity contribution is 0.593. The monoisotopic (exact) mass is 223 g/mol. The van der Waals surface area contributed by atoms with Crippen LogP contribution >= 0.6 is 0 Å². The van der Waals surface area contributed by atoms with Crippen LogP contribution < -0.4 is 5.14 Å². The second-order valence-electron chi connectivity index (χ2n) is 3.46. The van der Waals surface area contributed by atoms with E-state index in [1.54, 1.807) is 6.07 Å². The predicted octanol–water partition coefficient (Wildman–Crippen LogP) is 0.0894. The van der Waals surface area contributed by atoms with Gasteiger partial charge in [-0.1, -0.05) is 0 Å². The Hall–Kier alpha value is -1.45. The second kappa shape index (κ2) is 3.29. The molecule has 1 aromatic heterocycles. The molecule has 0 spiro atoms. The molecule has 0 unspecified atom stereocenters. The molecule has 0 radical (unpaired) electrons. The minimum Gasteiger partial charge on any atom is -0.239 e.